The summed E-state index contributed by atoms with van der Waals surface area (Å²) < 4.78 is 5.89. The fourth-order valence-electron chi connectivity index (χ4n) is 2.08. The minimum absolute atomic E-state index is 0.422. The summed E-state index contributed by atoms with van der Waals surface area (Å²) in [7, 11) is 0. The predicted molar refractivity (Wildman–Crippen MR) is 80.2 cm³/mol. The van der Waals surface area contributed by atoms with Crippen molar-refractivity contribution in [2.24, 2.45) is 0 Å². The van der Waals surface area contributed by atoms with E-state index in [9.17, 15) is 0 Å². The number of nitriles is 1. The Bertz CT molecular complexity index is 815. The first-order chi connectivity index (χ1) is 9.78. The molecule has 0 heterocycles. The van der Waals surface area contributed by atoms with Crippen LogP contribution >= 0.6 is 11.6 Å². The number of rotatable bonds is 2. The summed E-state index contributed by atoms with van der Waals surface area (Å²) >= 11 is 5.89. The SMILES string of the molecule is N#Cc1cc(Cl)ccc1Oc1cccc2ccccc12. The molecule has 0 aliphatic heterocycles. The Kier molecular flexibility index (Phi) is 3.28. The zero-order valence-electron chi connectivity index (χ0n) is 10.5. The van der Waals surface area contributed by atoms with Gasteiger partial charge in [0.1, 0.15) is 17.6 Å². The van der Waals surface area contributed by atoms with Gasteiger partial charge in [-0.05, 0) is 29.7 Å². The molecule has 3 aromatic rings. The summed E-state index contributed by atoms with van der Waals surface area (Å²) in [6, 6.07) is 20.9. The number of nitrogens with zero attached hydrogens (tertiary/aromatic N) is 1. The normalized spacial score (nSPS) is 10.2. The summed E-state index contributed by atoms with van der Waals surface area (Å²) in [6.45, 7) is 0. The second-order valence-corrected chi connectivity index (χ2v) is 4.77. The molecule has 0 atom stereocenters. The quantitative estimate of drug-likeness (QED) is 0.649. The van der Waals surface area contributed by atoms with E-state index in [-0.39, 0.29) is 0 Å². The van der Waals surface area contributed by atoms with Crippen LogP contribution in [0.5, 0.6) is 11.5 Å². The van der Waals surface area contributed by atoms with E-state index < -0.39 is 0 Å². The number of fused-ring (bicyclic) bond motifs is 1. The van der Waals surface area contributed by atoms with Crippen LogP contribution in [0.15, 0.2) is 60.7 Å². The lowest BCUT2D eigenvalue weighted by atomic mass is 10.1. The third-order valence-corrected chi connectivity index (χ3v) is 3.27. The molecular formula is C17H10ClNO. The van der Waals surface area contributed by atoms with Gasteiger partial charge < -0.3 is 4.74 Å². The first-order valence-electron chi connectivity index (χ1n) is 6.13. The number of halogens is 1. The molecular weight excluding hydrogens is 270 g/mol. The minimum Gasteiger partial charge on any atom is -0.455 e. The van der Waals surface area contributed by atoms with Crippen LogP contribution in [0.2, 0.25) is 5.02 Å². The highest BCUT2D eigenvalue weighted by molar-refractivity contribution is 6.30. The van der Waals surface area contributed by atoms with E-state index in [1.807, 2.05) is 42.5 Å². The van der Waals surface area contributed by atoms with Gasteiger partial charge in [0.25, 0.3) is 0 Å². The topological polar surface area (TPSA) is 33.0 Å². The van der Waals surface area contributed by atoms with Gasteiger partial charge in [-0.15, -0.1) is 0 Å². The average Bonchev–Trinajstić information content (AvgIpc) is 2.49. The maximum absolute atomic E-state index is 9.15. The molecule has 3 rings (SSSR count). The van der Waals surface area contributed by atoms with Crippen molar-refractivity contribution in [3.63, 3.8) is 0 Å². The molecule has 20 heavy (non-hydrogen) atoms. The Labute approximate surface area is 121 Å². The molecule has 0 spiro atoms. The van der Waals surface area contributed by atoms with Crippen molar-refractivity contribution in [2.45, 2.75) is 0 Å². The third kappa shape index (κ3) is 2.32. The average molecular weight is 280 g/mol. The van der Waals surface area contributed by atoms with Crippen molar-refractivity contribution < 1.29 is 4.74 Å². The summed E-state index contributed by atoms with van der Waals surface area (Å²) in [6.07, 6.45) is 0. The van der Waals surface area contributed by atoms with Gasteiger partial charge >= 0.3 is 0 Å². The van der Waals surface area contributed by atoms with Crippen LogP contribution < -0.4 is 4.74 Å². The smallest absolute Gasteiger partial charge is 0.145 e. The van der Waals surface area contributed by atoms with Crippen molar-refractivity contribution in [2.75, 3.05) is 0 Å². The Morgan fingerprint density at radius 1 is 0.900 bits per heavy atom. The first kappa shape index (κ1) is 12.5. The Morgan fingerprint density at radius 3 is 2.55 bits per heavy atom. The molecule has 0 saturated heterocycles. The molecule has 3 heteroatoms. The van der Waals surface area contributed by atoms with Crippen LogP contribution in [0.25, 0.3) is 10.8 Å². The second kappa shape index (κ2) is 5.24. The molecule has 0 amide bonds. The Hall–Kier alpha value is -2.50. The lowest BCUT2D eigenvalue weighted by molar-refractivity contribution is 0.487. The fraction of sp³-hybridized carbons (Fsp3) is 0. The summed E-state index contributed by atoms with van der Waals surface area (Å²) in [5.41, 5.74) is 0.422. The molecule has 0 aromatic heterocycles. The molecule has 0 aliphatic rings. The van der Waals surface area contributed by atoms with Crippen molar-refractivity contribution in [1.29, 1.82) is 5.26 Å². The molecule has 0 unspecified atom stereocenters. The van der Waals surface area contributed by atoms with Gasteiger partial charge in [0.15, 0.2) is 0 Å². The van der Waals surface area contributed by atoms with Crippen molar-refractivity contribution in [3.05, 3.63) is 71.2 Å². The second-order valence-electron chi connectivity index (χ2n) is 4.33. The summed E-state index contributed by atoms with van der Waals surface area (Å²) in [5, 5.41) is 11.8. The van der Waals surface area contributed by atoms with E-state index in [0.29, 0.717) is 16.3 Å². The Balaban J connectivity index is 2.08. The number of hydrogen-bond acceptors (Lipinski definition) is 2. The number of benzene rings is 3. The third-order valence-electron chi connectivity index (χ3n) is 3.03. The molecule has 0 aliphatic carbocycles. The van der Waals surface area contributed by atoms with Crippen molar-refractivity contribution in [1.82, 2.24) is 0 Å². The molecule has 0 radical (unpaired) electrons. The highest BCUT2D eigenvalue weighted by atomic mass is 35.5. The maximum Gasteiger partial charge on any atom is 0.145 e. The van der Waals surface area contributed by atoms with Gasteiger partial charge in [-0.25, -0.2) is 0 Å². The lowest BCUT2D eigenvalue weighted by Crippen LogP contribution is -1.89. The Morgan fingerprint density at radius 2 is 1.70 bits per heavy atom. The molecule has 0 saturated carbocycles. The number of hydrogen-bond donors (Lipinski definition) is 0. The highest BCUT2D eigenvalue weighted by Gasteiger charge is 2.07. The molecule has 0 bridgehead atoms. The van der Waals surface area contributed by atoms with Gasteiger partial charge in [-0.1, -0.05) is 48.0 Å². The van der Waals surface area contributed by atoms with Crippen LogP contribution in [-0.2, 0) is 0 Å². The van der Waals surface area contributed by atoms with E-state index in [0.717, 1.165) is 16.5 Å². The van der Waals surface area contributed by atoms with Gasteiger partial charge in [0.05, 0.1) is 5.56 Å². The van der Waals surface area contributed by atoms with E-state index in [1.54, 1.807) is 18.2 Å². The molecule has 96 valence electrons. The van der Waals surface area contributed by atoms with Crippen LogP contribution in [0.1, 0.15) is 5.56 Å². The number of ether oxygens (including phenoxy) is 1. The molecule has 0 N–H and O–H groups in total. The largest absolute Gasteiger partial charge is 0.455 e. The minimum atomic E-state index is 0.422. The van der Waals surface area contributed by atoms with Gasteiger partial charge in [-0.2, -0.15) is 5.26 Å². The zero-order chi connectivity index (χ0) is 13.9. The highest BCUT2D eigenvalue weighted by Crippen LogP contribution is 2.32. The zero-order valence-corrected chi connectivity index (χ0v) is 11.3. The van der Waals surface area contributed by atoms with Crippen molar-refractivity contribution in [3.8, 4) is 17.6 Å². The van der Waals surface area contributed by atoms with Gasteiger partial charge in [0.2, 0.25) is 0 Å². The molecule has 0 fully saturated rings. The van der Waals surface area contributed by atoms with Crippen LogP contribution in [0, 0.1) is 11.3 Å². The fourth-order valence-corrected chi connectivity index (χ4v) is 2.25. The standard InChI is InChI=1S/C17H10ClNO/c18-14-8-9-16(13(10-14)11-19)20-17-7-3-5-12-4-1-2-6-15(12)17/h1-10H. The van der Waals surface area contributed by atoms with Crippen LogP contribution in [0.3, 0.4) is 0 Å². The maximum atomic E-state index is 9.15. The van der Waals surface area contributed by atoms with Crippen LogP contribution in [-0.4, -0.2) is 0 Å². The van der Waals surface area contributed by atoms with E-state index in [4.69, 9.17) is 21.6 Å². The van der Waals surface area contributed by atoms with Crippen LogP contribution in [0.4, 0.5) is 0 Å². The van der Waals surface area contributed by atoms with E-state index >= 15 is 0 Å². The monoisotopic (exact) mass is 279 g/mol. The van der Waals surface area contributed by atoms with Gasteiger partial charge in [0, 0.05) is 10.4 Å². The predicted octanol–water partition coefficient (Wildman–Crippen LogP) is 5.16. The van der Waals surface area contributed by atoms with E-state index in [2.05, 4.69) is 6.07 Å². The van der Waals surface area contributed by atoms with E-state index in [1.165, 1.54) is 0 Å². The molecule has 3 aromatic carbocycles. The van der Waals surface area contributed by atoms with Gasteiger partial charge in [-0.3, -0.25) is 0 Å². The summed E-state index contributed by atoms with van der Waals surface area (Å²) in [5.74, 6) is 1.23. The first-order valence-corrected chi connectivity index (χ1v) is 6.51. The summed E-state index contributed by atoms with van der Waals surface area (Å²) in [4.78, 5) is 0. The molecule has 2 nitrogen and oxygen atoms in total. The van der Waals surface area contributed by atoms with Crippen molar-refractivity contribution >= 4 is 22.4 Å². The lowest BCUT2D eigenvalue weighted by Gasteiger charge is -2.10.